The summed E-state index contributed by atoms with van der Waals surface area (Å²) in [6.45, 7) is 7.10. The molecular formula is C13H26N2O. The van der Waals surface area contributed by atoms with Gasteiger partial charge in [0.15, 0.2) is 0 Å². The molecule has 1 heterocycles. The first-order valence-corrected chi connectivity index (χ1v) is 6.83. The van der Waals surface area contributed by atoms with Gasteiger partial charge in [-0.05, 0) is 38.1 Å². The molecule has 0 bridgehead atoms. The maximum atomic E-state index is 6.03. The summed E-state index contributed by atoms with van der Waals surface area (Å²) in [5.41, 5.74) is 6.17. The predicted octanol–water partition coefficient (Wildman–Crippen LogP) is 1.62. The summed E-state index contributed by atoms with van der Waals surface area (Å²) in [6.07, 6.45) is 6.63. The molecular weight excluding hydrogens is 200 g/mol. The number of hydrogen-bond donors (Lipinski definition) is 1. The van der Waals surface area contributed by atoms with Crippen LogP contribution < -0.4 is 5.73 Å². The molecule has 2 N–H and O–H groups in total. The SMILES string of the molecule is CCN(CC1CCC1)C1(CN)CCCOC1. The standard InChI is InChI=1S/C13H26N2O/c1-2-15(9-12-5-3-6-12)13(10-14)7-4-8-16-11-13/h12H,2-11,14H2,1H3. The Bertz CT molecular complexity index is 210. The minimum atomic E-state index is 0.141. The highest BCUT2D eigenvalue weighted by atomic mass is 16.5. The normalized spacial score (nSPS) is 31.7. The fraction of sp³-hybridized carbons (Fsp3) is 1.00. The highest BCUT2D eigenvalue weighted by Gasteiger charge is 2.38. The van der Waals surface area contributed by atoms with Crippen molar-refractivity contribution in [1.82, 2.24) is 4.90 Å². The number of likely N-dealkylation sites (N-methyl/N-ethyl adjacent to an activating group) is 1. The van der Waals surface area contributed by atoms with Crippen molar-refractivity contribution < 1.29 is 4.74 Å². The van der Waals surface area contributed by atoms with Crippen molar-refractivity contribution in [2.24, 2.45) is 11.7 Å². The van der Waals surface area contributed by atoms with Crippen LogP contribution >= 0.6 is 0 Å². The topological polar surface area (TPSA) is 38.5 Å². The van der Waals surface area contributed by atoms with Crippen LogP contribution in [0.3, 0.4) is 0 Å². The number of nitrogens with two attached hydrogens (primary N) is 1. The molecule has 1 saturated heterocycles. The largest absolute Gasteiger partial charge is 0.379 e. The predicted molar refractivity (Wildman–Crippen MR) is 66.4 cm³/mol. The van der Waals surface area contributed by atoms with Crippen molar-refractivity contribution >= 4 is 0 Å². The van der Waals surface area contributed by atoms with Crippen molar-refractivity contribution in [3.63, 3.8) is 0 Å². The molecule has 0 radical (unpaired) electrons. The zero-order valence-corrected chi connectivity index (χ0v) is 10.6. The Hall–Kier alpha value is -0.120. The van der Waals surface area contributed by atoms with E-state index in [9.17, 15) is 0 Å². The fourth-order valence-electron chi connectivity index (χ4n) is 3.02. The van der Waals surface area contributed by atoms with E-state index in [4.69, 9.17) is 10.5 Å². The van der Waals surface area contributed by atoms with Gasteiger partial charge in [0.05, 0.1) is 12.1 Å². The van der Waals surface area contributed by atoms with Crippen molar-refractivity contribution in [3.05, 3.63) is 0 Å². The molecule has 2 aliphatic rings. The molecule has 0 aromatic rings. The van der Waals surface area contributed by atoms with Gasteiger partial charge in [-0.3, -0.25) is 4.90 Å². The molecule has 3 heteroatoms. The van der Waals surface area contributed by atoms with Crippen molar-refractivity contribution in [2.45, 2.75) is 44.6 Å². The van der Waals surface area contributed by atoms with E-state index in [1.165, 1.54) is 38.6 Å². The molecule has 2 rings (SSSR count). The lowest BCUT2D eigenvalue weighted by molar-refractivity contribution is -0.0525. The van der Waals surface area contributed by atoms with Gasteiger partial charge < -0.3 is 10.5 Å². The number of hydrogen-bond acceptors (Lipinski definition) is 3. The summed E-state index contributed by atoms with van der Waals surface area (Å²) in [7, 11) is 0. The van der Waals surface area contributed by atoms with Gasteiger partial charge in [0, 0.05) is 19.7 Å². The lowest BCUT2D eigenvalue weighted by Gasteiger charge is -2.47. The molecule has 1 aliphatic carbocycles. The molecule has 1 unspecified atom stereocenters. The molecule has 3 nitrogen and oxygen atoms in total. The second-order valence-corrected chi connectivity index (χ2v) is 5.42. The third-order valence-electron chi connectivity index (χ3n) is 4.44. The molecule has 1 saturated carbocycles. The summed E-state index contributed by atoms with van der Waals surface area (Å²) in [6, 6.07) is 0. The lowest BCUT2D eigenvalue weighted by atomic mass is 9.82. The van der Waals surface area contributed by atoms with Gasteiger partial charge in [-0.2, -0.15) is 0 Å². The smallest absolute Gasteiger partial charge is 0.0662 e. The Morgan fingerprint density at radius 1 is 1.38 bits per heavy atom. The second kappa shape index (κ2) is 5.48. The third-order valence-corrected chi connectivity index (χ3v) is 4.44. The summed E-state index contributed by atoms with van der Waals surface area (Å²) in [5, 5.41) is 0. The molecule has 0 amide bonds. The van der Waals surface area contributed by atoms with Crippen LogP contribution in [0, 0.1) is 5.92 Å². The van der Waals surface area contributed by atoms with Crippen LogP contribution in [0.4, 0.5) is 0 Å². The molecule has 1 aliphatic heterocycles. The van der Waals surface area contributed by atoms with E-state index in [-0.39, 0.29) is 5.54 Å². The lowest BCUT2D eigenvalue weighted by Crippen LogP contribution is -2.60. The number of ether oxygens (including phenoxy) is 1. The van der Waals surface area contributed by atoms with Crippen LogP contribution in [-0.4, -0.2) is 43.3 Å². The fourth-order valence-corrected chi connectivity index (χ4v) is 3.02. The molecule has 0 spiro atoms. The molecule has 16 heavy (non-hydrogen) atoms. The first-order valence-electron chi connectivity index (χ1n) is 6.83. The van der Waals surface area contributed by atoms with Crippen LogP contribution in [0.1, 0.15) is 39.0 Å². The van der Waals surface area contributed by atoms with Crippen molar-refractivity contribution in [3.8, 4) is 0 Å². The molecule has 0 aromatic carbocycles. The Morgan fingerprint density at radius 2 is 2.19 bits per heavy atom. The van der Waals surface area contributed by atoms with Crippen LogP contribution in [0.5, 0.6) is 0 Å². The van der Waals surface area contributed by atoms with Gasteiger partial charge in [-0.15, -0.1) is 0 Å². The van der Waals surface area contributed by atoms with E-state index in [0.29, 0.717) is 0 Å². The van der Waals surface area contributed by atoms with Gasteiger partial charge in [0.2, 0.25) is 0 Å². The quantitative estimate of drug-likeness (QED) is 0.774. The Morgan fingerprint density at radius 3 is 2.62 bits per heavy atom. The van der Waals surface area contributed by atoms with E-state index >= 15 is 0 Å². The van der Waals surface area contributed by atoms with Gasteiger partial charge in [-0.25, -0.2) is 0 Å². The Balaban J connectivity index is 1.97. The molecule has 94 valence electrons. The summed E-state index contributed by atoms with van der Waals surface area (Å²) >= 11 is 0. The summed E-state index contributed by atoms with van der Waals surface area (Å²) in [5.74, 6) is 0.922. The zero-order chi connectivity index (χ0) is 11.4. The second-order valence-electron chi connectivity index (χ2n) is 5.42. The zero-order valence-electron chi connectivity index (χ0n) is 10.6. The van der Waals surface area contributed by atoms with Crippen LogP contribution in [0.25, 0.3) is 0 Å². The monoisotopic (exact) mass is 226 g/mol. The summed E-state index contributed by atoms with van der Waals surface area (Å²) in [4.78, 5) is 2.59. The van der Waals surface area contributed by atoms with E-state index in [2.05, 4.69) is 11.8 Å². The van der Waals surface area contributed by atoms with Crippen LogP contribution in [0.15, 0.2) is 0 Å². The average Bonchev–Trinajstić information content (AvgIpc) is 2.29. The highest BCUT2D eigenvalue weighted by molar-refractivity contribution is 4.94. The van der Waals surface area contributed by atoms with E-state index in [0.717, 1.165) is 32.2 Å². The average molecular weight is 226 g/mol. The Labute approximate surface area is 99.3 Å². The first-order chi connectivity index (χ1) is 7.80. The minimum absolute atomic E-state index is 0.141. The van der Waals surface area contributed by atoms with E-state index in [1.807, 2.05) is 0 Å². The Kier molecular flexibility index (Phi) is 4.22. The number of rotatable bonds is 5. The molecule has 1 atom stereocenters. The maximum Gasteiger partial charge on any atom is 0.0662 e. The molecule has 2 fully saturated rings. The van der Waals surface area contributed by atoms with Gasteiger partial charge in [0.25, 0.3) is 0 Å². The third kappa shape index (κ3) is 2.41. The van der Waals surface area contributed by atoms with Gasteiger partial charge >= 0.3 is 0 Å². The van der Waals surface area contributed by atoms with E-state index < -0.39 is 0 Å². The van der Waals surface area contributed by atoms with Gasteiger partial charge in [0.1, 0.15) is 0 Å². The van der Waals surface area contributed by atoms with Crippen LogP contribution in [0.2, 0.25) is 0 Å². The van der Waals surface area contributed by atoms with Gasteiger partial charge in [-0.1, -0.05) is 13.3 Å². The maximum absolute atomic E-state index is 6.03. The molecule has 0 aromatic heterocycles. The number of nitrogens with zero attached hydrogens (tertiary/aromatic N) is 1. The minimum Gasteiger partial charge on any atom is -0.379 e. The van der Waals surface area contributed by atoms with Crippen molar-refractivity contribution in [2.75, 3.05) is 32.8 Å². The van der Waals surface area contributed by atoms with Crippen molar-refractivity contribution in [1.29, 1.82) is 0 Å². The highest BCUT2D eigenvalue weighted by Crippen LogP contribution is 2.32. The van der Waals surface area contributed by atoms with Crippen LogP contribution in [-0.2, 0) is 4.74 Å². The summed E-state index contributed by atoms with van der Waals surface area (Å²) < 4.78 is 5.67. The first kappa shape index (κ1) is 12.3. The van der Waals surface area contributed by atoms with E-state index in [1.54, 1.807) is 0 Å².